The zero-order valence-electron chi connectivity index (χ0n) is 15.7. The molecule has 1 aromatic carbocycles. The van der Waals surface area contributed by atoms with E-state index in [-0.39, 0.29) is 12.0 Å². The van der Waals surface area contributed by atoms with Crippen LogP contribution in [0.15, 0.2) is 36.5 Å². The Kier molecular flexibility index (Phi) is 6.49. The first kappa shape index (κ1) is 19.0. The molecule has 27 heavy (non-hydrogen) atoms. The summed E-state index contributed by atoms with van der Waals surface area (Å²) < 4.78 is 16.1. The molecular weight excluding hydrogens is 346 g/mol. The monoisotopic (exact) mass is 371 g/mol. The lowest BCUT2D eigenvalue weighted by Crippen LogP contribution is -2.23. The van der Waals surface area contributed by atoms with E-state index in [0.29, 0.717) is 36.0 Å². The fraction of sp³-hybridized carbons (Fsp3) is 0.400. The molecule has 2 aromatic rings. The summed E-state index contributed by atoms with van der Waals surface area (Å²) >= 11 is 0. The van der Waals surface area contributed by atoms with Gasteiger partial charge >= 0.3 is 0 Å². The van der Waals surface area contributed by atoms with Crippen LogP contribution in [0.1, 0.15) is 28.8 Å². The van der Waals surface area contributed by atoms with Crippen molar-refractivity contribution in [2.24, 2.45) is 0 Å². The molecule has 0 radical (unpaired) electrons. The number of pyridine rings is 1. The number of hydrogen-bond acceptors (Lipinski definition) is 6. The number of carbonyl (C=O) groups is 1. The average Bonchev–Trinajstić information content (AvgIpc) is 3.24. The number of benzene rings is 1. The van der Waals surface area contributed by atoms with Crippen molar-refractivity contribution in [3.05, 3.63) is 47.7 Å². The Balaban J connectivity index is 1.56. The van der Waals surface area contributed by atoms with Crippen LogP contribution in [0.25, 0.3) is 0 Å². The largest absolute Gasteiger partial charge is 0.493 e. The van der Waals surface area contributed by atoms with E-state index in [1.807, 2.05) is 18.2 Å². The highest BCUT2D eigenvalue weighted by Crippen LogP contribution is 2.27. The molecule has 1 aliphatic heterocycles. The van der Waals surface area contributed by atoms with Gasteiger partial charge in [-0.1, -0.05) is 6.07 Å². The van der Waals surface area contributed by atoms with Crippen LogP contribution in [-0.2, 0) is 11.3 Å². The second kappa shape index (κ2) is 9.23. The van der Waals surface area contributed by atoms with Gasteiger partial charge in [-0.3, -0.25) is 4.79 Å². The number of hydrogen-bond donors (Lipinski definition) is 2. The molecule has 1 aromatic heterocycles. The topological polar surface area (TPSA) is 81.7 Å². The highest BCUT2D eigenvalue weighted by Gasteiger charge is 2.15. The van der Waals surface area contributed by atoms with Gasteiger partial charge in [0.1, 0.15) is 5.82 Å². The van der Waals surface area contributed by atoms with E-state index in [0.717, 1.165) is 25.0 Å². The van der Waals surface area contributed by atoms with Crippen molar-refractivity contribution < 1.29 is 19.0 Å². The second-order valence-electron chi connectivity index (χ2n) is 6.32. The minimum atomic E-state index is -0.160. The smallest absolute Gasteiger partial charge is 0.251 e. The molecule has 1 saturated heterocycles. The van der Waals surface area contributed by atoms with Crippen molar-refractivity contribution in [3.8, 4) is 11.5 Å². The van der Waals surface area contributed by atoms with Crippen molar-refractivity contribution in [3.63, 3.8) is 0 Å². The molecule has 1 amide bonds. The normalized spacial score (nSPS) is 16.0. The number of carbonyl (C=O) groups excluding carboxylic acids is 1. The summed E-state index contributed by atoms with van der Waals surface area (Å²) in [7, 11) is 3.18. The predicted octanol–water partition coefficient (Wildman–Crippen LogP) is 2.62. The van der Waals surface area contributed by atoms with E-state index in [1.165, 1.54) is 0 Å². The van der Waals surface area contributed by atoms with Gasteiger partial charge in [-0.2, -0.15) is 0 Å². The quantitative estimate of drug-likeness (QED) is 0.742. The van der Waals surface area contributed by atoms with Crippen molar-refractivity contribution in [2.45, 2.75) is 25.5 Å². The van der Waals surface area contributed by atoms with E-state index >= 15 is 0 Å². The van der Waals surface area contributed by atoms with Gasteiger partial charge in [0.05, 0.1) is 20.3 Å². The highest BCUT2D eigenvalue weighted by molar-refractivity contribution is 5.94. The molecule has 7 heteroatoms. The van der Waals surface area contributed by atoms with Gasteiger partial charge in [-0.25, -0.2) is 4.98 Å². The van der Waals surface area contributed by atoms with Crippen LogP contribution in [0.4, 0.5) is 5.82 Å². The van der Waals surface area contributed by atoms with Crippen LogP contribution >= 0.6 is 0 Å². The molecule has 0 aliphatic carbocycles. The summed E-state index contributed by atoms with van der Waals surface area (Å²) in [5.41, 5.74) is 1.48. The van der Waals surface area contributed by atoms with Gasteiger partial charge < -0.3 is 24.8 Å². The Hall–Kier alpha value is -2.80. The first-order valence-electron chi connectivity index (χ1n) is 9.00. The molecule has 0 saturated carbocycles. The van der Waals surface area contributed by atoms with Gasteiger partial charge in [0.2, 0.25) is 0 Å². The molecule has 3 rings (SSSR count). The van der Waals surface area contributed by atoms with Crippen LogP contribution in [0.5, 0.6) is 11.5 Å². The lowest BCUT2D eigenvalue weighted by atomic mass is 10.2. The molecule has 2 N–H and O–H groups in total. The van der Waals surface area contributed by atoms with Crippen LogP contribution in [0, 0.1) is 0 Å². The number of aromatic nitrogens is 1. The van der Waals surface area contributed by atoms with E-state index in [2.05, 4.69) is 15.6 Å². The average molecular weight is 371 g/mol. The molecule has 1 fully saturated rings. The molecule has 1 unspecified atom stereocenters. The Labute approximate surface area is 159 Å². The fourth-order valence-electron chi connectivity index (χ4n) is 2.97. The number of ether oxygens (including phenoxy) is 3. The maximum absolute atomic E-state index is 12.5. The van der Waals surface area contributed by atoms with Gasteiger partial charge in [0, 0.05) is 31.5 Å². The number of nitrogens with one attached hydrogen (secondary N) is 2. The minimum absolute atomic E-state index is 0.160. The fourth-order valence-corrected chi connectivity index (χ4v) is 2.97. The predicted molar refractivity (Wildman–Crippen MR) is 102 cm³/mol. The molecule has 2 heterocycles. The summed E-state index contributed by atoms with van der Waals surface area (Å²) in [6.45, 7) is 1.91. The Morgan fingerprint density at radius 3 is 2.81 bits per heavy atom. The molecular formula is C20H25N3O4. The summed E-state index contributed by atoms with van der Waals surface area (Å²) in [4.78, 5) is 16.7. The van der Waals surface area contributed by atoms with Crippen molar-refractivity contribution >= 4 is 11.7 Å². The molecule has 1 atom stereocenters. The van der Waals surface area contributed by atoms with Crippen LogP contribution in [0.3, 0.4) is 0 Å². The van der Waals surface area contributed by atoms with E-state index in [4.69, 9.17) is 14.2 Å². The summed E-state index contributed by atoms with van der Waals surface area (Å²) in [5, 5.41) is 6.15. The molecule has 1 aliphatic rings. The SMILES string of the molecule is COc1ccc(CNC(=O)c2ccnc(NCC3CCCO3)c2)cc1OC. The first-order valence-corrected chi connectivity index (χ1v) is 9.00. The summed E-state index contributed by atoms with van der Waals surface area (Å²) in [6.07, 6.45) is 3.99. The maximum Gasteiger partial charge on any atom is 0.251 e. The van der Waals surface area contributed by atoms with E-state index in [9.17, 15) is 4.79 Å². The van der Waals surface area contributed by atoms with Crippen LogP contribution < -0.4 is 20.1 Å². The number of amides is 1. The molecule has 7 nitrogen and oxygen atoms in total. The van der Waals surface area contributed by atoms with Crippen molar-refractivity contribution in [1.82, 2.24) is 10.3 Å². The third kappa shape index (κ3) is 5.10. The number of nitrogens with zero attached hydrogens (tertiary/aromatic N) is 1. The Morgan fingerprint density at radius 1 is 1.22 bits per heavy atom. The van der Waals surface area contributed by atoms with Crippen LogP contribution in [0.2, 0.25) is 0 Å². The molecule has 144 valence electrons. The zero-order valence-corrected chi connectivity index (χ0v) is 15.7. The maximum atomic E-state index is 12.5. The number of rotatable bonds is 8. The van der Waals surface area contributed by atoms with Gasteiger partial charge in [-0.15, -0.1) is 0 Å². The summed E-state index contributed by atoms with van der Waals surface area (Å²) in [5.74, 6) is 1.80. The number of methoxy groups -OCH3 is 2. The zero-order chi connectivity index (χ0) is 19.1. The third-order valence-corrected chi connectivity index (χ3v) is 4.46. The van der Waals surface area contributed by atoms with Crippen LogP contribution in [-0.4, -0.2) is 44.4 Å². The lowest BCUT2D eigenvalue weighted by Gasteiger charge is -2.12. The minimum Gasteiger partial charge on any atom is -0.493 e. The Morgan fingerprint density at radius 2 is 2.07 bits per heavy atom. The summed E-state index contributed by atoms with van der Waals surface area (Å²) in [6, 6.07) is 9.00. The van der Waals surface area contributed by atoms with Gasteiger partial charge in [-0.05, 0) is 42.7 Å². The Bertz CT molecular complexity index is 776. The second-order valence-corrected chi connectivity index (χ2v) is 6.32. The van der Waals surface area contributed by atoms with Gasteiger partial charge in [0.25, 0.3) is 5.91 Å². The van der Waals surface area contributed by atoms with Crippen molar-refractivity contribution in [1.29, 1.82) is 0 Å². The molecule has 0 spiro atoms. The standard InChI is InChI=1S/C20H25N3O4/c1-25-17-6-5-14(10-18(17)26-2)12-23-20(24)15-7-8-21-19(11-15)22-13-16-4-3-9-27-16/h5-8,10-11,16H,3-4,9,12-13H2,1-2H3,(H,21,22)(H,23,24). The van der Waals surface area contributed by atoms with Gasteiger partial charge in [0.15, 0.2) is 11.5 Å². The van der Waals surface area contributed by atoms with E-state index < -0.39 is 0 Å². The third-order valence-electron chi connectivity index (χ3n) is 4.46. The van der Waals surface area contributed by atoms with Crippen molar-refractivity contribution in [2.75, 3.05) is 32.7 Å². The number of anilines is 1. The first-order chi connectivity index (χ1) is 13.2. The lowest BCUT2D eigenvalue weighted by molar-refractivity contribution is 0.0951. The van der Waals surface area contributed by atoms with E-state index in [1.54, 1.807) is 32.5 Å². The highest BCUT2D eigenvalue weighted by atomic mass is 16.5. The molecule has 0 bridgehead atoms.